The van der Waals surface area contributed by atoms with E-state index >= 15 is 0 Å². The van der Waals surface area contributed by atoms with Gasteiger partial charge in [-0.2, -0.15) is 0 Å². The van der Waals surface area contributed by atoms with Gasteiger partial charge in [-0.15, -0.1) is 0 Å². The summed E-state index contributed by atoms with van der Waals surface area (Å²) in [5.74, 6) is 1.71. The molecule has 0 spiro atoms. The molecule has 0 heterocycles. The van der Waals surface area contributed by atoms with Crippen LogP contribution >= 0.6 is 0 Å². The van der Waals surface area contributed by atoms with Crippen molar-refractivity contribution in [3.05, 3.63) is 0 Å². The zero-order valence-corrected chi connectivity index (χ0v) is 45.5. The molecule has 0 aromatic rings. The minimum atomic E-state index is -0.764. The van der Waals surface area contributed by atoms with Gasteiger partial charge in [0.05, 0.1) is 0 Å². The number of rotatable bonds is 53. The Labute approximate surface area is 412 Å². The molecule has 392 valence electrons. The van der Waals surface area contributed by atoms with E-state index in [0.29, 0.717) is 19.3 Å². The smallest absolute Gasteiger partial charge is 0.306 e. The van der Waals surface area contributed by atoms with Crippen LogP contribution in [0.3, 0.4) is 0 Å². The van der Waals surface area contributed by atoms with Gasteiger partial charge in [0.25, 0.3) is 0 Å². The van der Waals surface area contributed by atoms with Gasteiger partial charge < -0.3 is 14.2 Å². The first-order valence-electron chi connectivity index (χ1n) is 29.6. The zero-order valence-electron chi connectivity index (χ0n) is 45.5. The molecule has 2 atom stereocenters. The summed E-state index contributed by atoms with van der Waals surface area (Å²) in [6.45, 7) is 13.8. The van der Waals surface area contributed by atoms with Gasteiger partial charge in [0.1, 0.15) is 13.2 Å². The molecule has 6 nitrogen and oxygen atoms in total. The van der Waals surface area contributed by atoms with E-state index in [9.17, 15) is 14.4 Å². The summed E-state index contributed by atoms with van der Waals surface area (Å²) in [6.07, 6.45) is 53.7. The molecule has 0 radical (unpaired) electrons. The minimum Gasteiger partial charge on any atom is -0.462 e. The third-order valence-corrected chi connectivity index (χ3v) is 14.0. The normalized spacial score (nSPS) is 12.5. The average molecular weight is 934 g/mol. The van der Waals surface area contributed by atoms with Crippen LogP contribution in [0.5, 0.6) is 0 Å². The van der Waals surface area contributed by atoms with Crippen molar-refractivity contribution in [2.45, 2.75) is 337 Å². The second-order valence-corrected chi connectivity index (χ2v) is 21.8. The molecule has 0 bridgehead atoms. The van der Waals surface area contributed by atoms with E-state index < -0.39 is 6.10 Å². The lowest BCUT2D eigenvalue weighted by molar-refractivity contribution is -0.167. The summed E-state index contributed by atoms with van der Waals surface area (Å²) < 4.78 is 16.9. The second-order valence-electron chi connectivity index (χ2n) is 21.8. The number of carbonyl (C=O) groups excluding carboxylic acids is 3. The molecule has 0 aromatic carbocycles. The molecule has 6 heteroatoms. The summed E-state index contributed by atoms with van der Waals surface area (Å²) in [5, 5.41) is 0. The highest BCUT2D eigenvalue weighted by molar-refractivity contribution is 5.71. The van der Waals surface area contributed by atoms with Crippen LogP contribution in [0.4, 0.5) is 0 Å². The van der Waals surface area contributed by atoms with Crippen molar-refractivity contribution in [1.82, 2.24) is 0 Å². The predicted molar refractivity (Wildman–Crippen MR) is 284 cm³/mol. The second kappa shape index (κ2) is 51.3. The largest absolute Gasteiger partial charge is 0.462 e. The van der Waals surface area contributed by atoms with Crippen LogP contribution in [0.15, 0.2) is 0 Å². The minimum absolute atomic E-state index is 0.0634. The predicted octanol–water partition coefficient (Wildman–Crippen LogP) is 19.5. The molecule has 0 rings (SSSR count). The molecular weight excluding hydrogens is 817 g/mol. The lowest BCUT2D eigenvalue weighted by Crippen LogP contribution is -2.30. The van der Waals surface area contributed by atoms with Gasteiger partial charge in [0, 0.05) is 19.3 Å². The Bertz CT molecular complexity index is 1020. The molecule has 66 heavy (non-hydrogen) atoms. The number of esters is 3. The van der Waals surface area contributed by atoms with Gasteiger partial charge in [-0.25, -0.2) is 0 Å². The van der Waals surface area contributed by atoms with E-state index in [-0.39, 0.29) is 31.1 Å². The maximum atomic E-state index is 12.9. The number of unbranched alkanes of at least 4 members (excludes halogenated alkanes) is 35. The lowest BCUT2D eigenvalue weighted by Gasteiger charge is -2.18. The van der Waals surface area contributed by atoms with Crippen molar-refractivity contribution < 1.29 is 28.6 Å². The maximum Gasteiger partial charge on any atom is 0.306 e. The van der Waals surface area contributed by atoms with Crippen LogP contribution in [0, 0.1) is 17.8 Å². The fourth-order valence-corrected chi connectivity index (χ4v) is 9.14. The van der Waals surface area contributed by atoms with Crippen molar-refractivity contribution in [3.8, 4) is 0 Å². The van der Waals surface area contributed by atoms with Gasteiger partial charge in [-0.1, -0.05) is 292 Å². The Balaban J connectivity index is 4.30. The number of carbonyl (C=O) groups is 3. The van der Waals surface area contributed by atoms with Crippen LogP contribution in [0.2, 0.25) is 0 Å². The van der Waals surface area contributed by atoms with E-state index in [1.807, 2.05) is 0 Å². The first kappa shape index (κ1) is 64.4. The molecule has 0 aliphatic carbocycles. The number of ether oxygens (including phenoxy) is 3. The van der Waals surface area contributed by atoms with Crippen LogP contribution < -0.4 is 0 Å². The van der Waals surface area contributed by atoms with E-state index in [2.05, 4.69) is 41.5 Å². The molecule has 1 unspecified atom stereocenters. The van der Waals surface area contributed by atoms with E-state index in [0.717, 1.165) is 75.5 Å². The molecule has 0 amide bonds. The molecule has 0 N–H and O–H groups in total. The Kier molecular flexibility index (Phi) is 50.0. The van der Waals surface area contributed by atoms with Gasteiger partial charge in [-0.3, -0.25) is 14.4 Å². The summed E-state index contributed by atoms with van der Waals surface area (Å²) in [5.41, 5.74) is 0. The fraction of sp³-hybridized carbons (Fsp3) is 0.950. The summed E-state index contributed by atoms with van der Waals surface area (Å²) in [4.78, 5) is 38.2. The Hall–Kier alpha value is -1.59. The van der Waals surface area contributed by atoms with Gasteiger partial charge in [0.2, 0.25) is 0 Å². The molecule has 0 aliphatic heterocycles. The third kappa shape index (κ3) is 51.8. The topological polar surface area (TPSA) is 78.9 Å². The Morgan fingerprint density at radius 2 is 0.530 bits per heavy atom. The number of hydrogen-bond acceptors (Lipinski definition) is 6. The third-order valence-electron chi connectivity index (χ3n) is 14.0. The SMILES string of the molecule is CCC(C)CCCCCCCCCCCCC(=O)O[C@@H](COC(=O)CCCCCCCCCCCCCCCCCC(C)C)COC(=O)CCCCCCCCCCCCCCCC(C)C. The highest BCUT2D eigenvalue weighted by atomic mass is 16.6. The Morgan fingerprint density at radius 1 is 0.303 bits per heavy atom. The summed E-state index contributed by atoms with van der Waals surface area (Å²) >= 11 is 0. The average Bonchev–Trinajstić information content (AvgIpc) is 3.29. The van der Waals surface area contributed by atoms with Crippen LogP contribution in [-0.2, 0) is 28.6 Å². The Morgan fingerprint density at radius 3 is 0.788 bits per heavy atom. The van der Waals surface area contributed by atoms with Crippen molar-refractivity contribution in [2.75, 3.05) is 13.2 Å². The van der Waals surface area contributed by atoms with Crippen molar-refractivity contribution in [3.63, 3.8) is 0 Å². The van der Waals surface area contributed by atoms with Gasteiger partial charge >= 0.3 is 17.9 Å². The molecule has 0 fully saturated rings. The van der Waals surface area contributed by atoms with Crippen molar-refractivity contribution in [2.24, 2.45) is 17.8 Å². The fourth-order valence-electron chi connectivity index (χ4n) is 9.14. The summed E-state index contributed by atoms with van der Waals surface area (Å²) in [7, 11) is 0. The van der Waals surface area contributed by atoms with Gasteiger partial charge in [-0.05, 0) is 37.0 Å². The van der Waals surface area contributed by atoms with Crippen molar-refractivity contribution >= 4 is 17.9 Å². The zero-order chi connectivity index (χ0) is 48.4. The van der Waals surface area contributed by atoms with Crippen LogP contribution in [0.25, 0.3) is 0 Å². The maximum absolute atomic E-state index is 12.9. The summed E-state index contributed by atoms with van der Waals surface area (Å²) in [6, 6.07) is 0. The number of hydrogen-bond donors (Lipinski definition) is 0. The van der Waals surface area contributed by atoms with Gasteiger partial charge in [0.15, 0.2) is 6.10 Å². The highest BCUT2D eigenvalue weighted by Crippen LogP contribution is 2.19. The van der Waals surface area contributed by atoms with Crippen LogP contribution in [-0.4, -0.2) is 37.2 Å². The molecular formula is C60H116O6. The van der Waals surface area contributed by atoms with E-state index in [1.165, 1.54) is 212 Å². The highest BCUT2D eigenvalue weighted by Gasteiger charge is 2.19. The lowest BCUT2D eigenvalue weighted by atomic mass is 9.99. The molecule has 0 saturated heterocycles. The standard InChI is InChI=1S/C60H116O6/c1-7-56(6)48-42-36-30-24-20-21-27-33-39-45-51-60(63)66-57(53-65-59(62)50-44-38-32-26-19-15-11-13-17-23-29-35-41-47-55(4)5)52-64-58(61)49-43-37-31-25-18-14-10-8-9-12-16-22-28-34-40-46-54(2)3/h54-57H,7-53H2,1-6H3/t56?,57-/m0/s1. The van der Waals surface area contributed by atoms with E-state index in [4.69, 9.17) is 14.2 Å². The molecule has 0 aliphatic rings. The molecule has 0 saturated carbocycles. The first-order chi connectivity index (χ1) is 32.1. The van der Waals surface area contributed by atoms with Crippen molar-refractivity contribution in [1.29, 1.82) is 0 Å². The monoisotopic (exact) mass is 933 g/mol. The van der Waals surface area contributed by atoms with Crippen LogP contribution in [0.1, 0.15) is 330 Å². The van der Waals surface area contributed by atoms with E-state index in [1.54, 1.807) is 0 Å². The quantitative estimate of drug-likeness (QED) is 0.0343. The first-order valence-corrected chi connectivity index (χ1v) is 29.6. The molecule has 0 aromatic heterocycles.